The van der Waals surface area contributed by atoms with Gasteiger partial charge in [0.2, 0.25) is 5.91 Å². The van der Waals surface area contributed by atoms with Crippen LogP contribution in [0.5, 0.6) is 0 Å². The van der Waals surface area contributed by atoms with Gasteiger partial charge in [-0.2, -0.15) is 5.10 Å². The molecule has 1 aliphatic rings. The van der Waals surface area contributed by atoms with Gasteiger partial charge in [0.25, 0.3) is 0 Å². The van der Waals surface area contributed by atoms with Crippen molar-refractivity contribution in [2.75, 3.05) is 0 Å². The van der Waals surface area contributed by atoms with Crippen LogP contribution in [0.1, 0.15) is 24.1 Å². The van der Waals surface area contributed by atoms with Crippen LogP contribution in [0, 0.1) is 0 Å². The zero-order valence-electron chi connectivity index (χ0n) is 11.3. The van der Waals surface area contributed by atoms with Crippen LogP contribution in [0.2, 0.25) is 0 Å². The summed E-state index contributed by atoms with van der Waals surface area (Å²) in [5, 5.41) is 7.13. The molecule has 1 aromatic carbocycles. The minimum Gasteiger partial charge on any atom is -0.350 e. The Morgan fingerprint density at radius 1 is 1.35 bits per heavy atom. The van der Waals surface area contributed by atoms with Crippen LogP contribution in [-0.4, -0.2) is 15.7 Å². The van der Waals surface area contributed by atoms with Gasteiger partial charge in [-0.15, -0.1) is 0 Å². The van der Waals surface area contributed by atoms with Gasteiger partial charge in [0.1, 0.15) is 0 Å². The summed E-state index contributed by atoms with van der Waals surface area (Å²) < 4.78 is 2.81. The maximum atomic E-state index is 12.5. The van der Waals surface area contributed by atoms with Crippen LogP contribution in [0.25, 0.3) is 0 Å². The van der Waals surface area contributed by atoms with E-state index in [1.54, 1.807) is 10.9 Å². The number of aryl methyl sites for hydroxylation is 1. The van der Waals surface area contributed by atoms with Crippen molar-refractivity contribution < 1.29 is 4.79 Å². The number of carbonyl (C=O) groups is 1. The second-order valence-electron chi connectivity index (χ2n) is 5.22. The third kappa shape index (κ3) is 2.38. The molecule has 1 amide bonds. The summed E-state index contributed by atoms with van der Waals surface area (Å²) in [5.41, 5.74) is 1.78. The van der Waals surface area contributed by atoms with Crippen molar-refractivity contribution in [3.63, 3.8) is 0 Å². The lowest BCUT2D eigenvalue weighted by Crippen LogP contribution is -2.34. The Balaban J connectivity index is 1.70. The standard InChI is InChI=1S/C15H16BrN3O/c1-19-13(6-9-18-19)10-17-14(20)15(7-8-15)11-2-4-12(16)5-3-11/h2-6,9H,7-8,10H2,1H3,(H,17,20). The molecule has 0 spiro atoms. The van der Waals surface area contributed by atoms with Crippen molar-refractivity contribution >= 4 is 21.8 Å². The van der Waals surface area contributed by atoms with Crippen LogP contribution in [0.15, 0.2) is 41.0 Å². The number of hydrogen-bond donors (Lipinski definition) is 1. The summed E-state index contributed by atoms with van der Waals surface area (Å²) >= 11 is 3.42. The molecule has 1 N–H and O–H groups in total. The Kier molecular flexibility index (Phi) is 3.38. The Morgan fingerprint density at radius 3 is 2.60 bits per heavy atom. The number of benzene rings is 1. The first-order chi connectivity index (χ1) is 9.62. The minimum absolute atomic E-state index is 0.112. The summed E-state index contributed by atoms with van der Waals surface area (Å²) in [6.45, 7) is 0.521. The molecular weight excluding hydrogens is 318 g/mol. The van der Waals surface area contributed by atoms with Gasteiger partial charge in [0, 0.05) is 17.7 Å². The van der Waals surface area contributed by atoms with Gasteiger partial charge < -0.3 is 5.32 Å². The van der Waals surface area contributed by atoms with Gasteiger partial charge in [-0.25, -0.2) is 0 Å². The van der Waals surface area contributed by atoms with Crippen molar-refractivity contribution in [3.05, 3.63) is 52.3 Å². The first-order valence-electron chi connectivity index (χ1n) is 6.63. The number of hydrogen-bond acceptors (Lipinski definition) is 2. The van der Waals surface area contributed by atoms with Crippen LogP contribution >= 0.6 is 15.9 Å². The third-order valence-electron chi connectivity index (χ3n) is 3.93. The molecule has 2 aromatic rings. The Labute approximate surface area is 126 Å². The van der Waals surface area contributed by atoms with Crippen molar-refractivity contribution in [2.45, 2.75) is 24.8 Å². The van der Waals surface area contributed by atoms with Gasteiger partial charge in [0.15, 0.2) is 0 Å². The van der Waals surface area contributed by atoms with E-state index in [0.29, 0.717) is 6.54 Å². The molecule has 104 valence electrons. The number of amides is 1. The molecule has 1 fully saturated rings. The first-order valence-corrected chi connectivity index (χ1v) is 7.42. The van der Waals surface area contributed by atoms with E-state index in [1.807, 2.05) is 37.4 Å². The summed E-state index contributed by atoms with van der Waals surface area (Å²) in [4.78, 5) is 12.5. The van der Waals surface area contributed by atoms with Gasteiger partial charge in [-0.1, -0.05) is 28.1 Å². The van der Waals surface area contributed by atoms with Crippen molar-refractivity contribution in [1.82, 2.24) is 15.1 Å². The molecule has 0 radical (unpaired) electrons. The average Bonchev–Trinajstić information content (AvgIpc) is 3.15. The molecule has 1 aliphatic carbocycles. The molecule has 4 nitrogen and oxygen atoms in total. The first kappa shape index (κ1) is 13.4. The summed E-state index contributed by atoms with van der Waals surface area (Å²) in [7, 11) is 1.88. The largest absolute Gasteiger partial charge is 0.350 e. The van der Waals surface area contributed by atoms with E-state index in [0.717, 1.165) is 28.6 Å². The molecule has 5 heteroatoms. The van der Waals surface area contributed by atoms with Gasteiger partial charge >= 0.3 is 0 Å². The fourth-order valence-electron chi connectivity index (χ4n) is 2.46. The quantitative estimate of drug-likeness (QED) is 0.934. The van der Waals surface area contributed by atoms with Crippen molar-refractivity contribution in [3.8, 4) is 0 Å². The van der Waals surface area contributed by atoms with Gasteiger partial charge in [0.05, 0.1) is 17.7 Å². The lowest BCUT2D eigenvalue weighted by molar-refractivity contribution is -0.123. The predicted molar refractivity (Wildman–Crippen MR) is 80.1 cm³/mol. The van der Waals surface area contributed by atoms with Crippen LogP contribution in [-0.2, 0) is 23.8 Å². The fourth-order valence-corrected chi connectivity index (χ4v) is 2.72. The summed E-state index contributed by atoms with van der Waals surface area (Å²) in [6, 6.07) is 9.95. The maximum absolute atomic E-state index is 12.5. The molecule has 0 bridgehead atoms. The molecule has 1 heterocycles. The highest BCUT2D eigenvalue weighted by Gasteiger charge is 2.51. The molecule has 0 unspecified atom stereocenters. The highest BCUT2D eigenvalue weighted by molar-refractivity contribution is 9.10. The number of nitrogens with one attached hydrogen (secondary N) is 1. The van der Waals surface area contributed by atoms with Crippen molar-refractivity contribution in [2.24, 2.45) is 7.05 Å². The average molecular weight is 334 g/mol. The second kappa shape index (κ2) is 5.05. The fraction of sp³-hybridized carbons (Fsp3) is 0.333. The molecular formula is C15H16BrN3O. The van der Waals surface area contributed by atoms with Crippen LogP contribution in [0.3, 0.4) is 0 Å². The number of nitrogens with zero attached hydrogens (tertiary/aromatic N) is 2. The van der Waals surface area contributed by atoms with Gasteiger partial charge in [-0.3, -0.25) is 9.48 Å². The zero-order valence-corrected chi connectivity index (χ0v) is 12.9. The van der Waals surface area contributed by atoms with E-state index in [4.69, 9.17) is 0 Å². The van der Waals surface area contributed by atoms with Crippen LogP contribution in [0.4, 0.5) is 0 Å². The topological polar surface area (TPSA) is 46.9 Å². The Hall–Kier alpha value is -1.62. The molecule has 20 heavy (non-hydrogen) atoms. The summed E-state index contributed by atoms with van der Waals surface area (Å²) in [6.07, 6.45) is 3.58. The normalized spacial score (nSPS) is 15.9. The van der Waals surface area contributed by atoms with E-state index in [2.05, 4.69) is 26.3 Å². The zero-order chi connectivity index (χ0) is 14.2. The molecule has 0 atom stereocenters. The smallest absolute Gasteiger partial charge is 0.230 e. The monoisotopic (exact) mass is 333 g/mol. The van der Waals surface area contributed by atoms with Gasteiger partial charge in [-0.05, 0) is 36.6 Å². The molecule has 0 aliphatic heterocycles. The van der Waals surface area contributed by atoms with Crippen molar-refractivity contribution in [1.29, 1.82) is 0 Å². The van der Waals surface area contributed by atoms with E-state index in [-0.39, 0.29) is 11.3 Å². The SMILES string of the molecule is Cn1nccc1CNC(=O)C1(c2ccc(Br)cc2)CC1. The summed E-state index contributed by atoms with van der Waals surface area (Å²) in [5.74, 6) is 0.112. The highest BCUT2D eigenvalue weighted by Crippen LogP contribution is 2.48. The van der Waals surface area contributed by atoms with Crippen LogP contribution < -0.4 is 5.32 Å². The van der Waals surface area contributed by atoms with E-state index >= 15 is 0 Å². The molecule has 0 saturated heterocycles. The van der Waals surface area contributed by atoms with E-state index in [9.17, 15) is 4.79 Å². The lowest BCUT2D eigenvalue weighted by Gasteiger charge is -2.16. The number of rotatable bonds is 4. The number of aromatic nitrogens is 2. The van der Waals surface area contributed by atoms with E-state index < -0.39 is 0 Å². The molecule has 1 saturated carbocycles. The third-order valence-corrected chi connectivity index (χ3v) is 4.46. The second-order valence-corrected chi connectivity index (χ2v) is 6.13. The Morgan fingerprint density at radius 2 is 2.05 bits per heavy atom. The number of carbonyl (C=O) groups excluding carboxylic acids is 1. The molecule has 3 rings (SSSR count). The highest BCUT2D eigenvalue weighted by atomic mass is 79.9. The van der Waals surface area contributed by atoms with E-state index in [1.165, 1.54) is 0 Å². The minimum atomic E-state index is -0.320. The lowest BCUT2D eigenvalue weighted by atomic mass is 9.95. The molecule has 1 aromatic heterocycles. The Bertz CT molecular complexity index is 629. The predicted octanol–water partition coefficient (Wildman–Crippen LogP) is 2.53. The maximum Gasteiger partial charge on any atom is 0.230 e. The number of halogens is 1.